The van der Waals surface area contributed by atoms with Gasteiger partial charge in [-0.2, -0.15) is 0 Å². The molecule has 122 valence electrons. The van der Waals surface area contributed by atoms with Gasteiger partial charge in [-0.25, -0.2) is 4.79 Å². The summed E-state index contributed by atoms with van der Waals surface area (Å²) in [5.41, 5.74) is 0.229. The number of amides is 2. The van der Waals surface area contributed by atoms with Crippen molar-refractivity contribution in [1.29, 1.82) is 0 Å². The second-order valence-electron chi connectivity index (χ2n) is 4.92. The molecule has 0 saturated carbocycles. The highest BCUT2D eigenvalue weighted by Gasteiger charge is 2.31. The molecule has 5 nitrogen and oxygen atoms in total. The molecule has 2 amide bonds. The Morgan fingerprint density at radius 1 is 1.50 bits per heavy atom. The molecule has 0 aliphatic carbocycles. The second kappa shape index (κ2) is 6.62. The molecule has 1 heterocycles. The zero-order valence-corrected chi connectivity index (χ0v) is 12.5. The van der Waals surface area contributed by atoms with Crippen LogP contribution in [0, 0.1) is 0 Å². The van der Waals surface area contributed by atoms with Crippen molar-refractivity contribution in [2.45, 2.75) is 19.3 Å². The minimum atomic E-state index is -4.79. The van der Waals surface area contributed by atoms with Crippen LogP contribution >= 0.6 is 11.6 Å². The molecule has 1 saturated heterocycles. The molecule has 0 spiro atoms. The van der Waals surface area contributed by atoms with E-state index in [2.05, 4.69) is 15.4 Å². The molecule has 1 aromatic rings. The maximum Gasteiger partial charge on any atom is 0.573 e. The first-order valence-electron chi connectivity index (χ1n) is 6.59. The fourth-order valence-electron chi connectivity index (χ4n) is 2.11. The van der Waals surface area contributed by atoms with Gasteiger partial charge in [0.2, 0.25) is 0 Å². The standard InChI is InChI=1S/C13H15ClF3N3O2/c1-8-7-20(5-4-18-8)12(21)19-11-3-2-9(6-10(11)14)22-13(15,16)17/h2-3,6,8,18H,4-5,7H2,1H3,(H,19,21). The van der Waals surface area contributed by atoms with Gasteiger partial charge in [0.15, 0.2) is 0 Å². The molecular weight excluding hydrogens is 323 g/mol. The monoisotopic (exact) mass is 337 g/mol. The number of hydrogen-bond donors (Lipinski definition) is 2. The Hall–Kier alpha value is -1.67. The first-order chi connectivity index (χ1) is 10.2. The number of alkyl halides is 3. The van der Waals surface area contributed by atoms with Crippen molar-refractivity contribution in [3.8, 4) is 5.75 Å². The summed E-state index contributed by atoms with van der Waals surface area (Å²) in [5, 5.41) is 5.75. The van der Waals surface area contributed by atoms with E-state index in [0.29, 0.717) is 19.6 Å². The van der Waals surface area contributed by atoms with Crippen LogP contribution in [0.25, 0.3) is 0 Å². The van der Waals surface area contributed by atoms with Crippen molar-refractivity contribution in [2.24, 2.45) is 0 Å². The molecule has 0 bridgehead atoms. The zero-order valence-electron chi connectivity index (χ0n) is 11.7. The molecule has 22 heavy (non-hydrogen) atoms. The number of anilines is 1. The highest BCUT2D eigenvalue weighted by molar-refractivity contribution is 6.33. The van der Waals surface area contributed by atoms with Crippen LogP contribution in [0.4, 0.5) is 23.7 Å². The van der Waals surface area contributed by atoms with Gasteiger partial charge in [0.05, 0.1) is 10.7 Å². The number of rotatable bonds is 2. The van der Waals surface area contributed by atoms with Gasteiger partial charge < -0.3 is 20.3 Å². The fraction of sp³-hybridized carbons (Fsp3) is 0.462. The highest BCUT2D eigenvalue weighted by atomic mass is 35.5. The molecular formula is C13H15ClF3N3O2. The largest absolute Gasteiger partial charge is 0.573 e. The van der Waals surface area contributed by atoms with Crippen molar-refractivity contribution in [3.63, 3.8) is 0 Å². The molecule has 0 radical (unpaired) electrons. The summed E-state index contributed by atoms with van der Waals surface area (Å²) in [6.07, 6.45) is -4.79. The number of piperazine rings is 1. The summed E-state index contributed by atoms with van der Waals surface area (Å²) in [5.74, 6) is -0.439. The Bertz CT molecular complexity index is 554. The van der Waals surface area contributed by atoms with Crippen LogP contribution in [0.3, 0.4) is 0 Å². The fourth-order valence-corrected chi connectivity index (χ4v) is 2.32. The van der Waals surface area contributed by atoms with Gasteiger partial charge >= 0.3 is 12.4 Å². The van der Waals surface area contributed by atoms with E-state index >= 15 is 0 Å². The average Bonchev–Trinajstić information content (AvgIpc) is 2.40. The Morgan fingerprint density at radius 3 is 2.82 bits per heavy atom. The van der Waals surface area contributed by atoms with Crippen LogP contribution in [-0.4, -0.2) is 43.0 Å². The third-order valence-electron chi connectivity index (χ3n) is 3.07. The van der Waals surface area contributed by atoms with Gasteiger partial charge in [-0.05, 0) is 19.1 Å². The molecule has 1 fully saturated rings. The summed E-state index contributed by atoms with van der Waals surface area (Å²) >= 11 is 5.88. The van der Waals surface area contributed by atoms with E-state index in [1.54, 1.807) is 4.90 Å². The van der Waals surface area contributed by atoms with Gasteiger partial charge in [0.25, 0.3) is 0 Å². The molecule has 2 N–H and O–H groups in total. The molecule has 2 rings (SSSR count). The lowest BCUT2D eigenvalue weighted by Crippen LogP contribution is -2.52. The van der Waals surface area contributed by atoms with Crippen LogP contribution in [0.2, 0.25) is 5.02 Å². The minimum absolute atomic E-state index is 0.0294. The summed E-state index contributed by atoms with van der Waals surface area (Å²) < 4.78 is 40.1. The number of carbonyl (C=O) groups excluding carboxylic acids is 1. The predicted octanol–water partition coefficient (Wildman–Crippen LogP) is 3.06. The van der Waals surface area contributed by atoms with Gasteiger partial charge in [0, 0.05) is 31.7 Å². The molecule has 1 unspecified atom stereocenters. The Labute approximate surface area is 130 Å². The highest BCUT2D eigenvalue weighted by Crippen LogP contribution is 2.30. The first-order valence-corrected chi connectivity index (χ1v) is 6.97. The number of benzene rings is 1. The number of hydrogen-bond acceptors (Lipinski definition) is 3. The van der Waals surface area contributed by atoms with E-state index in [-0.39, 0.29) is 22.8 Å². The van der Waals surface area contributed by atoms with Crippen molar-refractivity contribution in [3.05, 3.63) is 23.2 Å². The smallest absolute Gasteiger partial charge is 0.406 e. The maximum absolute atomic E-state index is 12.1. The lowest BCUT2D eigenvalue weighted by molar-refractivity contribution is -0.274. The average molecular weight is 338 g/mol. The van der Waals surface area contributed by atoms with E-state index in [1.807, 2.05) is 6.92 Å². The Kier molecular flexibility index (Phi) is 5.02. The molecule has 1 aliphatic rings. The van der Waals surface area contributed by atoms with Crippen molar-refractivity contribution >= 4 is 23.3 Å². The summed E-state index contributed by atoms with van der Waals surface area (Å²) in [4.78, 5) is 13.7. The predicted molar refractivity (Wildman–Crippen MR) is 76.2 cm³/mol. The summed E-state index contributed by atoms with van der Waals surface area (Å²) in [6.45, 7) is 3.72. The van der Waals surface area contributed by atoms with E-state index in [9.17, 15) is 18.0 Å². The normalized spacial score (nSPS) is 19.0. The molecule has 0 aromatic heterocycles. The third kappa shape index (κ3) is 4.67. The van der Waals surface area contributed by atoms with Gasteiger partial charge in [-0.15, -0.1) is 13.2 Å². The number of nitrogens with zero attached hydrogens (tertiary/aromatic N) is 1. The van der Waals surface area contributed by atoms with Crippen LogP contribution in [0.15, 0.2) is 18.2 Å². The van der Waals surface area contributed by atoms with Gasteiger partial charge in [-0.1, -0.05) is 11.6 Å². The van der Waals surface area contributed by atoms with Gasteiger partial charge in [0.1, 0.15) is 5.75 Å². The SMILES string of the molecule is CC1CN(C(=O)Nc2ccc(OC(F)(F)F)cc2Cl)CCN1. The molecule has 9 heteroatoms. The first kappa shape index (κ1) is 16.7. The Balaban J connectivity index is 2.02. The quantitative estimate of drug-likeness (QED) is 0.872. The van der Waals surface area contributed by atoms with Crippen LogP contribution < -0.4 is 15.4 Å². The van der Waals surface area contributed by atoms with Crippen molar-refractivity contribution in [2.75, 3.05) is 25.0 Å². The van der Waals surface area contributed by atoms with Crippen LogP contribution in [0.5, 0.6) is 5.75 Å². The van der Waals surface area contributed by atoms with E-state index in [0.717, 1.165) is 12.1 Å². The topological polar surface area (TPSA) is 53.6 Å². The lowest BCUT2D eigenvalue weighted by Gasteiger charge is -2.32. The van der Waals surface area contributed by atoms with E-state index in [4.69, 9.17) is 11.6 Å². The molecule has 1 aliphatic heterocycles. The lowest BCUT2D eigenvalue weighted by atomic mass is 10.2. The third-order valence-corrected chi connectivity index (χ3v) is 3.38. The van der Waals surface area contributed by atoms with Crippen molar-refractivity contribution < 1.29 is 22.7 Å². The zero-order chi connectivity index (χ0) is 16.3. The second-order valence-corrected chi connectivity index (χ2v) is 5.33. The summed E-state index contributed by atoms with van der Waals surface area (Å²) in [7, 11) is 0. The maximum atomic E-state index is 12.1. The van der Waals surface area contributed by atoms with E-state index in [1.165, 1.54) is 6.07 Å². The van der Waals surface area contributed by atoms with Gasteiger partial charge in [-0.3, -0.25) is 0 Å². The number of carbonyl (C=O) groups is 1. The summed E-state index contributed by atoms with van der Waals surface area (Å²) in [6, 6.07) is 3.20. The van der Waals surface area contributed by atoms with E-state index < -0.39 is 12.1 Å². The number of ether oxygens (including phenoxy) is 1. The minimum Gasteiger partial charge on any atom is -0.406 e. The molecule has 1 atom stereocenters. The number of urea groups is 1. The van der Waals surface area contributed by atoms with Crippen molar-refractivity contribution in [1.82, 2.24) is 10.2 Å². The Morgan fingerprint density at radius 2 is 2.23 bits per heavy atom. The van der Waals surface area contributed by atoms with Crippen LogP contribution in [-0.2, 0) is 0 Å². The van der Waals surface area contributed by atoms with Crippen LogP contribution in [0.1, 0.15) is 6.92 Å². The number of nitrogens with one attached hydrogen (secondary N) is 2. The molecule has 1 aromatic carbocycles. The number of halogens is 4.